The molecule has 0 amide bonds. The van der Waals surface area contributed by atoms with Gasteiger partial charge in [-0.3, -0.25) is 9.69 Å². The highest BCUT2D eigenvalue weighted by atomic mass is 32.2. The number of likely N-dealkylation sites (tertiary alicyclic amines) is 1. The van der Waals surface area contributed by atoms with Crippen LogP contribution in [0.2, 0.25) is 0 Å². The van der Waals surface area contributed by atoms with E-state index in [1.807, 2.05) is 11.8 Å². The molecule has 3 nitrogen and oxygen atoms in total. The lowest BCUT2D eigenvalue weighted by Crippen LogP contribution is -2.46. The average Bonchev–Trinajstić information content (AvgIpc) is 2.58. The minimum Gasteiger partial charge on any atom is -0.481 e. The van der Waals surface area contributed by atoms with Crippen LogP contribution in [0.3, 0.4) is 0 Å². The highest BCUT2D eigenvalue weighted by Crippen LogP contribution is 2.38. The second kappa shape index (κ2) is 4.81. The number of aliphatic carboxylic acids is 1. The standard InChI is InChI=1S/C13H23NO2S/c1-9-11(12(15)16)4-5-14(9)10-6-13(2,3)8-17-7-10/h9-11H,4-8H2,1-3H3,(H,15,16). The molecule has 1 N–H and O–H groups in total. The second-order valence-corrected chi connectivity index (χ2v) is 7.28. The lowest BCUT2D eigenvalue weighted by molar-refractivity contribution is -0.142. The molecular formula is C13H23NO2S. The van der Waals surface area contributed by atoms with Gasteiger partial charge in [0.15, 0.2) is 0 Å². The summed E-state index contributed by atoms with van der Waals surface area (Å²) in [7, 11) is 0. The van der Waals surface area contributed by atoms with Crippen molar-refractivity contribution in [3.8, 4) is 0 Å². The summed E-state index contributed by atoms with van der Waals surface area (Å²) in [6, 6.07) is 0.773. The third-order valence-electron chi connectivity index (χ3n) is 4.18. The highest BCUT2D eigenvalue weighted by molar-refractivity contribution is 7.99. The van der Waals surface area contributed by atoms with Crippen molar-refractivity contribution < 1.29 is 9.90 Å². The van der Waals surface area contributed by atoms with Crippen LogP contribution in [0.5, 0.6) is 0 Å². The first-order valence-electron chi connectivity index (χ1n) is 6.47. The van der Waals surface area contributed by atoms with Gasteiger partial charge in [0, 0.05) is 17.8 Å². The Morgan fingerprint density at radius 3 is 2.71 bits per heavy atom. The van der Waals surface area contributed by atoms with Gasteiger partial charge in [0.1, 0.15) is 0 Å². The summed E-state index contributed by atoms with van der Waals surface area (Å²) in [6.07, 6.45) is 2.02. The quantitative estimate of drug-likeness (QED) is 0.824. The first-order valence-corrected chi connectivity index (χ1v) is 7.62. The van der Waals surface area contributed by atoms with E-state index in [1.165, 1.54) is 17.9 Å². The van der Waals surface area contributed by atoms with Crippen LogP contribution in [-0.4, -0.2) is 46.1 Å². The Labute approximate surface area is 108 Å². The number of rotatable bonds is 2. The van der Waals surface area contributed by atoms with Crippen molar-refractivity contribution in [3.63, 3.8) is 0 Å². The van der Waals surface area contributed by atoms with Crippen LogP contribution < -0.4 is 0 Å². The largest absolute Gasteiger partial charge is 0.481 e. The van der Waals surface area contributed by atoms with Crippen molar-refractivity contribution in [2.45, 2.75) is 45.7 Å². The number of carboxylic acid groups (broad SMARTS) is 1. The number of nitrogens with zero attached hydrogens (tertiary/aromatic N) is 1. The van der Waals surface area contributed by atoms with Gasteiger partial charge in [-0.1, -0.05) is 13.8 Å². The zero-order valence-electron chi connectivity index (χ0n) is 11.0. The van der Waals surface area contributed by atoms with E-state index in [0.717, 1.165) is 13.0 Å². The molecule has 2 aliphatic rings. The number of hydrogen-bond acceptors (Lipinski definition) is 3. The molecule has 98 valence electrons. The van der Waals surface area contributed by atoms with Gasteiger partial charge >= 0.3 is 5.97 Å². The molecule has 2 aliphatic heterocycles. The first-order chi connectivity index (χ1) is 7.91. The molecule has 2 saturated heterocycles. The maximum Gasteiger partial charge on any atom is 0.308 e. The van der Waals surface area contributed by atoms with E-state index in [9.17, 15) is 9.90 Å². The number of carboxylic acids is 1. The van der Waals surface area contributed by atoms with Crippen LogP contribution in [0.1, 0.15) is 33.6 Å². The highest BCUT2D eigenvalue weighted by Gasteiger charge is 2.41. The van der Waals surface area contributed by atoms with Crippen LogP contribution in [-0.2, 0) is 4.79 Å². The molecule has 0 aliphatic carbocycles. The lowest BCUT2D eigenvalue weighted by Gasteiger charge is -2.41. The molecule has 17 heavy (non-hydrogen) atoms. The summed E-state index contributed by atoms with van der Waals surface area (Å²) in [5.41, 5.74) is 0.397. The van der Waals surface area contributed by atoms with Crippen LogP contribution in [0.4, 0.5) is 0 Å². The summed E-state index contributed by atoms with van der Waals surface area (Å²) in [4.78, 5) is 13.6. The molecule has 0 spiro atoms. The zero-order valence-corrected chi connectivity index (χ0v) is 11.8. The Kier molecular flexibility index (Phi) is 3.74. The molecule has 3 atom stereocenters. The normalized spacial score (nSPS) is 38.2. The monoisotopic (exact) mass is 257 g/mol. The number of carbonyl (C=O) groups is 1. The van der Waals surface area contributed by atoms with Crippen molar-refractivity contribution in [1.29, 1.82) is 0 Å². The minimum absolute atomic E-state index is 0.162. The summed E-state index contributed by atoms with van der Waals surface area (Å²) < 4.78 is 0. The van der Waals surface area contributed by atoms with E-state index in [4.69, 9.17) is 0 Å². The third-order valence-corrected chi connectivity index (χ3v) is 5.79. The molecule has 3 unspecified atom stereocenters. The molecular weight excluding hydrogens is 234 g/mol. The zero-order chi connectivity index (χ0) is 12.6. The molecule has 2 fully saturated rings. The van der Waals surface area contributed by atoms with Crippen molar-refractivity contribution in [1.82, 2.24) is 4.90 Å². The summed E-state index contributed by atoms with van der Waals surface area (Å²) >= 11 is 2.02. The molecule has 0 aromatic carbocycles. The summed E-state index contributed by atoms with van der Waals surface area (Å²) in [5.74, 6) is 1.61. The van der Waals surface area contributed by atoms with Crippen LogP contribution in [0.25, 0.3) is 0 Å². The van der Waals surface area contributed by atoms with E-state index in [0.29, 0.717) is 11.5 Å². The fourth-order valence-corrected chi connectivity index (χ4v) is 4.62. The van der Waals surface area contributed by atoms with Crippen LogP contribution in [0.15, 0.2) is 0 Å². The summed E-state index contributed by atoms with van der Waals surface area (Å²) in [6.45, 7) is 7.68. The van der Waals surface area contributed by atoms with E-state index >= 15 is 0 Å². The van der Waals surface area contributed by atoms with E-state index in [1.54, 1.807) is 0 Å². The molecule has 0 saturated carbocycles. The molecule has 0 aromatic rings. The van der Waals surface area contributed by atoms with Crippen LogP contribution >= 0.6 is 11.8 Å². The predicted octanol–water partition coefficient (Wildman–Crippen LogP) is 2.31. The number of hydrogen-bond donors (Lipinski definition) is 1. The molecule has 0 bridgehead atoms. The molecule has 4 heteroatoms. The smallest absolute Gasteiger partial charge is 0.308 e. The molecule has 0 radical (unpaired) electrons. The van der Waals surface area contributed by atoms with Crippen molar-refractivity contribution in [2.75, 3.05) is 18.1 Å². The summed E-state index contributed by atoms with van der Waals surface area (Å²) in [5, 5.41) is 9.17. The third kappa shape index (κ3) is 2.79. The fraction of sp³-hybridized carbons (Fsp3) is 0.923. The molecule has 0 aromatic heterocycles. The maximum atomic E-state index is 11.1. The predicted molar refractivity (Wildman–Crippen MR) is 71.4 cm³/mol. The van der Waals surface area contributed by atoms with Crippen molar-refractivity contribution >= 4 is 17.7 Å². The Bertz CT molecular complexity index is 306. The van der Waals surface area contributed by atoms with Gasteiger partial charge in [0.2, 0.25) is 0 Å². The SMILES string of the molecule is CC1C(C(=O)O)CCN1C1CSCC(C)(C)C1. The van der Waals surface area contributed by atoms with Gasteiger partial charge in [0.25, 0.3) is 0 Å². The van der Waals surface area contributed by atoms with Gasteiger partial charge < -0.3 is 5.11 Å². The topological polar surface area (TPSA) is 40.5 Å². The Balaban J connectivity index is 2.01. The van der Waals surface area contributed by atoms with Gasteiger partial charge in [-0.25, -0.2) is 0 Å². The fourth-order valence-electron chi connectivity index (χ4n) is 3.25. The Morgan fingerprint density at radius 1 is 1.47 bits per heavy atom. The molecule has 2 heterocycles. The molecule has 2 rings (SSSR count). The lowest BCUT2D eigenvalue weighted by atomic mass is 9.87. The van der Waals surface area contributed by atoms with E-state index < -0.39 is 5.97 Å². The Morgan fingerprint density at radius 2 is 2.18 bits per heavy atom. The Hall–Kier alpha value is -0.220. The van der Waals surface area contributed by atoms with Gasteiger partial charge in [0.05, 0.1) is 5.92 Å². The van der Waals surface area contributed by atoms with Crippen molar-refractivity contribution in [3.05, 3.63) is 0 Å². The van der Waals surface area contributed by atoms with Gasteiger partial charge in [-0.2, -0.15) is 11.8 Å². The number of thioether (sulfide) groups is 1. The maximum absolute atomic E-state index is 11.1. The van der Waals surface area contributed by atoms with Crippen LogP contribution in [0, 0.1) is 11.3 Å². The minimum atomic E-state index is -0.622. The second-order valence-electron chi connectivity index (χ2n) is 6.25. The van der Waals surface area contributed by atoms with Gasteiger partial charge in [-0.05, 0) is 37.5 Å². The van der Waals surface area contributed by atoms with E-state index in [2.05, 4.69) is 25.7 Å². The average molecular weight is 257 g/mol. The van der Waals surface area contributed by atoms with Gasteiger partial charge in [-0.15, -0.1) is 0 Å². The first kappa shape index (κ1) is 13.2. The van der Waals surface area contributed by atoms with E-state index in [-0.39, 0.29) is 12.0 Å². The van der Waals surface area contributed by atoms with Crippen molar-refractivity contribution in [2.24, 2.45) is 11.3 Å².